The van der Waals surface area contributed by atoms with E-state index in [0.717, 1.165) is 25.9 Å². The zero-order valence-electron chi connectivity index (χ0n) is 14.7. The summed E-state index contributed by atoms with van der Waals surface area (Å²) in [4.78, 5) is 36.6. The molecule has 1 aromatic rings. The number of aliphatic hydroxyl groups is 1. The van der Waals surface area contributed by atoms with E-state index < -0.39 is 17.4 Å². The molecule has 27 heavy (non-hydrogen) atoms. The maximum atomic E-state index is 12.2. The van der Waals surface area contributed by atoms with Gasteiger partial charge >= 0.3 is 5.69 Å². The van der Waals surface area contributed by atoms with Crippen molar-refractivity contribution in [1.29, 1.82) is 0 Å². The molecule has 3 aliphatic heterocycles. The number of hydrogen-bond donors (Lipinski definition) is 2. The molecule has 0 bridgehead atoms. The summed E-state index contributed by atoms with van der Waals surface area (Å²) >= 11 is 6.13. The van der Waals surface area contributed by atoms with E-state index in [4.69, 9.17) is 11.6 Å². The summed E-state index contributed by atoms with van der Waals surface area (Å²) < 4.78 is 1.66. The van der Waals surface area contributed by atoms with Crippen molar-refractivity contribution in [3.63, 3.8) is 0 Å². The quantitative estimate of drug-likeness (QED) is 0.647. The highest BCUT2D eigenvalue weighted by Crippen LogP contribution is 2.24. The topological polar surface area (TPSA) is 104 Å². The Morgan fingerprint density at radius 2 is 1.93 bits per heavy atom. The second kappa shape index (κ2) is 7.38. The Morgan fingerprint density at radius 3 is 2.70 bits per heavy atom. The predicted molar refractivity (Wildman–Crippen MR) is 102 cm³/mol. The first-order chi connectivity index (χ1) is 13.0. The first-order valence-corrected chi connectivity index (χ1v) is 9.39. The number of aromatic nitrogens is 4. The molecule has 3 aliphatic rings. The molecule has 142 valence electrons. The van der Waals surface area contributed by atoms with Crippen molar-refractivity contribution < 1.29 is 5.11 Å². The molecule has 0 radical (unpaired) electrons. The number of piperidine rings is 1. The molecule has 0 aliphatic carbocycles. The van der Waals surface area contributed by atoms with Crippen LogP contribution in [0.4, 0.5) is 0 Å². The van der Waals surface area contributed by atoms with Crippen LogP contribution in [0.25, 0.3) is 22.6 Å². The lowest BCUT2D eigenvalue weighted by Crippen LogP contribution is -2.38. The Hall–Kier alpha value is -2.29. The molecule has 8 nitrogen and oxygen atoms in total. The number of halogens is 1. The second-order valence-corrected chi connectivity index (χ2v) is 7.35. The molecule has 0 aromatic heterocycles. The molecule has 2 N–H and O–H groups in total. The standard InChI is InChI=1S/C18H20ClN5O3/c19-11-4-5-13-14(8-11)24(10-12(25)9-23-6-2-1-3-7-23)16-15(20-13)17(26)22-18(27)21-16/h4-5,8,12,25H,1-3,6-7,9-10H2,(H,22,26,27)/t12-/m0/s1. The van der Waals surface area contributed by atoms with Crippen molar-refractivity contribution in [1.82, 2.24) is 24.4 Å². The molecule has 0 amide bonds. The third kappa shape index (κ3) is 3.73. The van der Waals surface area contributed by atoms with Gasteiger partial charge in [-0.25, -0.2) is 9.78 Å². The SMILES string of the molecule is O=c1nc2n(C[C@@H](O)CN3CCCCC3)c3cc(Cl)ccc3nc-2c(=O)[nH]1. The number of nitrogens with zero attached hydrogens (tertiary/aromatic N) is 4. The fourth-order valence-corrected chi connectivity index (χ4v) is 3.83. The Balaban J connectivity index is 1.79. The van der Waals surface area contributed by atoms with Gasteiger partial charge in [-0.3, -0.25) is 9.78 Å². The lowest BCUT2D eigenvalue weighted by molar-refractivity contribution is 0.0892. The zero-order chi connectivity index (χ0) is 19.0. The van der Waals surface area contributed by atoms with Gasteiger partial charge in [-0.05, 0) is 44.1 Å². The van der Waals surface area contributed by atoms with E-state index in [1.54, 1.807) is 22.8 Å². The van der Waals surface area contributed by atoms with Crippen molar-refractivity contribution in [3.05, 3.63) is 44.1 Å². The Kier molecular flexibility index (Phi) is 4.94. The number of rotatable bonds is 4. The van der Waals surface area contributed by atoms with Crippen molar-refractivity contribution in [2.24, 2.45) is 0 Å². The van der Waals surface area contributed by atoms with Crippen LogP contribution in [-0.2, 0) is 6.54 Å². The fraction of sp³-hybridized carbons (Fsp3) is 0.444. The van der Waals surface area contributed by atoms with Crippen LogP contribution in [0.5, 0.6) is 0 Å². The van der Waals surface area contributed by atoms with Gasteiger partial charge in [-0.2, -0.15) is 4.98 Å². The van der Waals surface area contributed by atoms with Crippen LogP contribution in [0, 0.1) is 0 Å². The zero-order valence-corrected chi connectivity index (χ0v) is 15.4. The molecule has 1 fully saturated rings. The molecule has 9 heteroatoms. The number of nitrogens with one attached hydrogen (secondary N) is 1. The largest absolute Gasteiger partial charge is 0.390 e. The van der Waals surface area contributed by atoms with E-state index in [-0.39, 0.29) is 18.1 Å². The first kappa shape index (κ1) is 18.1. The van der Waals surface area contributed by atoms with Gasteiger partial charge in [0.15, 0.2) is 11.5 Å². The molecule has 1 saturated heterocycles. The van der Waals surface area contributed by atoms with Crippen LogP contribution >= 0.6 is 11.6 Å². The van der Waals surface area contributed by atoms with Gasteiger partial charge in [0, 0.05) is 11.6 Å². The highest BCUT2D eigenvalue weighted by molar-refractivity contribution is 6.31. The molecule has 1 atom stereocenters. The molecule has 0 unspecified atom stereocenters. The molecular weight excluding hydrogens is 370 g/mol. The number of H-pyrrole nitrogens is 1. The van der Waals surface area contributed by atoms with Crippen LogP contribution in [0.3, 0.4) is 0 Å². The summed E-state index contributed by atoms with van der Waals surface area (Å²) in [5.41, 5.74) is -0.112. The van der Waals surface area contributed by atoms with E-state index in [1.807, 2.05) is 0 Å². The maximum Gasteiger partial charge on any atom is 0.349 e. The summed E-state index contributed by atoms with van der Waals surface area (Å²) in [5.74, 6) is 0.149. The lowest BCUT2D eigenvalue weighted by atomic mass is 10.1. The lowest BCUT2D eigenvalue weighted by Gasteiger charge is -2.29. The average Bonchev–Trinajstić information content (AvgIpc) is 2.63. The third-order valence-corrected chi connectivity index (χ3v) is 5.12. The average molecular weight is 390 g/mol. The molecule has 4 rings (SSSR count). The van der Waals surface area contributed by atoms with Crippen LogP contribution < -0.4 is 11.2 Å². The van der Waals surface area contributed by atoms with Crippen molar-refractivity contribution in [2.75, 3.05) is 19.6 Å². The van der Waals surface area contributed by atoms with Gasteiger partial charge in [0.05, 0.1) is 23.7 Å². The highest BCUT2D eigenvalue weighted by Gasteiger charge is 2.22. The van der Waals surface area contributed by atoms with E-state index in [2.05, 4.69) is 19.9 Å². The van der Waals surface area contributed by atoms with Gasteiger partial charge in [-0.15, -0.1) is 0 Å². The van der Waals surface area contributed by atoms with Crippen LogP contribution in [-0.4, -0.2) is 55.3 Å². The fourth-order valence-electron chi connectivity index (χ4n) is 3.66. The minimum Gasteiger partial charge on any atom is -0.390 e. The number of likely N-dealkylation sites (tertiary alicyclic amines) is 1. The first-order valence-electron chi connectivity index (χ1n) is 9.02. The van der Waals surface area contributed by atoms with Crippen LogP contribution in [0.2, 0.25) is 5.02 Å². The van der Waals surface area contributed by atoms with E-state index in [0.29, 0.717) is 22.6 Å². The van der Waals surface area contributed by atoms with Crippen LogP contribution in [0.1, 0.15) is 19.3 Å². The van der Waals surface area contributed by atoms with E-state index in [1.165, 1.54) is 6.42 Å². The van der Waals surface area contributed by atoms with E-state index in [9.17, 15) is 14.7 Å². The number of aliphatic hydroxyl groups excluding tert-OH is 1. The van der Waals surface area contributed by atoms with Crippen molar-refractivity contribution in [3.8, 4) is 11.5 Å². The number of hydrogen-bond acceptors (Lipinski definition) is 6. The number of aromatic amines is 1. The summed E-state index contributed by atoms with van der Waals surface area (Å²) in [6, 6.07) is 5.08. The molecule has 0 saturated carbocycles. The molecule has 1 aromatic carbocycles. The van der Waals surface area contributed by atoms with E-state index >= 15 is 0 Å². The smallest absolute Gasteiger partial charge is 0.349 e. The van der Waals surface area contributed by atoms with Gasteiger partial charge in [-0.1, -0.05) is 18.0 Å². The highest BCUT2D eigenvalue weighted by atomic mass is 35.5. The summed E-state index contributed by atoms with van der Waals surface area (Å²) in [7, 11) is 0. The monoisotopic (exact) mass is 389 g/mol. The minimum absolute atomic E-state index is 0.0644. The van der Waals surface area contributed by atoms with Crippen LogP contribution in [0.15, 0.2) is 27.8 Å². The number of benzene rings is 1. The Morgan fingerprint density at radius 1 is 1.15 bits per heavy atom. The van der Waals surface area contributed by atoms with Crippen molar-refractivity contribution in [2.45, 2.75) is 31.9 Å². The summed E-state index contributed by atoms with van der Waals surface area (Å²) in [5, 5.41) is 11.2. The van der Waals surface area contributed by atoms with Gasteiger partial charge in [0.1, 0.15) is 0 Å². The Labute approximate surface area is 159 Å². The summed E-state index contributed by atoms with van der Waals surface area (Å²) in [6.07, 6.45) is 2.80. The Bertz CT molecular complexity index is 1060. The molecule has 0 spiro atoms. The number of β-amino-alcohol motifs (C(OH)–C–C–N with tert-alkyl or cyclic N) is 1. The third-order valence-electron chi connectivity index (χ3n) is 4.88. The number of fused-ring (bicyclic) bond motifs is 2. The van der Waals surface area contributed by atoms with Crippen molar-refractivity contribution >= 4 is 22.6 Å². The second-order valence-electron chi connectivity index (χ2n) is 6.91. The maximum absolute atomic E-state index is 12.2. The van der Waals surface area contributed by atoms with Gasteiger partial charge < -0.3 is 14.6 Å². The van der Waals surface area contributed by atoms with Gasteiger partial charge in [0.25, 0.3) is 5.56 Å². The predicted octanol–water partition coefficient (Wildman–Crippen LogP) is 1.08. The minimum atomic E-state index is -0.741. The molecular formula is C18H20ClN5O3. The summed E-state index contributed by atoms with van der Waals surface area (Å²) in [6.45, 7) is 2.64. The normalized spacial score (nSPS) is 16.8. The van der Waals surface area contributed by atoms with Gasteiger partial charge in [0.2, 0.25) is 0 Å². The molecule has 3 heterocycles.